The second-order valence-electron chi connectivity index (χ2n) is 32.7. The maximum Gasteiger partial charge on any atom is 0.408 e. The van der Waals surface area contributed by atoms with Gasteiger partial charge in [-0.05, 0) is 131 Å². The molecule has 668 valence electrons. The van der Waals surface area contributed by atoms with Crippen molar-refractivity contribution < 1.29 is 124 Å². The molecule has 117 heavy (non-hydrogen) atoms. The number of carbonyl (C=O) groups excluding carboxylic acids is 11. The summed E-state index contributed by atoms with van der Waals surface area (Å²) < 4.78 is 76.7. The monoisotopic (exact) mass is 1660 g/mol. The molecule has 4 rings (SSSR count). The van der Waals surface area contributed by atoms with Crippen molar-refractivity contribution in [3.63, 3.8) is 0 Å². The molecule has 28 heteroatoms. The van der Waals surface area contributed by atoms with E-state index in [0.29, 0.717) is 198 Å². The van der Waals surface area contributed by atoms with Crippen LogP contribution >= 0.6 is 0 Å². The summed E-state index contributed by atoms with van der Waals surface area (Å²) in [6, 6.07) is 9.14. The number of hydrogen-bond acceptors (Lipinski definition) is 25. The number of esters is 3. The summed E-state index contributed by atoms with van der Waals surface area (Å²) in [5.74, 6) is 0.318. The van der Waals surface area contributed by atoms with E-state index in [1.54, 1.807) is 0 Å². The van der Waals surface area contributed by atoms with E-state index in [0.717, 1.165) is 5.56 Å². The number of carboxylic acids is 1. The molecule has 28 nitrogen and oxygen atoms in total. The van der Waals surface area contributed by atoms with E-state index in [2.05, 4.69) is 72.9 Å². The van der Waals surface area contributed by atoms with Gasteiger partial charge in [0.2, 0.25) is 5.91 Å². The molecular weight excluding hydrogens is 1510 g/mol. The summed E-state index contributed by atoms with van der Waals surface area (Å²) >= 11 is 0. The zero-order valence-electron chi connectivity index (χ0n) is 72.9. The number of nitrogens with one attached hydrogen (secondary N) is 2. The number of ether oxygens (including phenoxy) is 13. The van der Waals surface area contributed by atoms with Crippen molar-refractivity contribution in [1.29, 1.82) is 0 Å². The first-order valence-electron chi connectivity index (χ1n) is 43.3. The molecule has 0 aliphatic carbocycles. The maximum atomic E-state index is 13.7. The van der Waals surface area contributed by atoms with E-state index in [4.69, 9.17) is 66.7 Å². The zero-order chi connectivity index (χ0) is 86.5. The first-order chi connectivity index (χ1) is 55.8. The highest BCUT2D eigenvalue weighted by Crippen LogP contribution is 2.39. The molecule has 0 aromatic heterocycles. The van der Waals surface area contributed by atoms with E-state index in [1.807, 2.05) is 30.3 Å². The number of alkyl carbamates (subject to hydrolysis) is 1. The Morgan fingerprint density at radius 3 is 1.03 bits per heavy atom. The Morgan fingerprint density at radius 2 is 0.692 bits per heavy atom. The average molecular weight is 1660 g/mol. The van der Waals surface area contributed by atoms with Crippen molar-refractivity contribution in [3.8, 4) is 0 Å². The first kappa shape index (κ1) is 105. The number of ketones is 6. The van der Waals surface area contributed by atoms with Crippen molar-refractivity contribution in [3.05, 3.63) is 35.9 Å². The summed E-state index contributed by atoms with van der Waals surface area (Å²) in [6.45, 7) is 26.3. The predicted octanol–water partition coefficient (Wildman–Crippen LogP) is 13.9. The van der Waals surface area contributed by atoms with Crippen molar-refractivity contribution in [2.24, 2.45) is 53.3 Å². The highest BCUT2D eigenvalue weighted by atomic mass is 16.7. The zero-order valence-corrected chi connectivity index (χ0v) is 72.9. The number of benzene rings is 1. The molecule has 2 amide bonds. The third-order valence-corrected chi connectivity index (χ3v) is 22.9. The van der Waals surface area contributed by atoms with E-state index in [1.165, 1.54) is 27.7 Å². The fraction of sp³-hybridized carbons (Fsp3) is 0.798. The summed E-state index contributed by atoms with van der Waals surface area (Å²) in [5, 5.41) is 13.9. The Kier molecular flexibility index (Phi) is 54.5. The molecule has 3 heterocycles. The predicted molar refractivity (Wildman–Crippen MR) is 437 cm³/mol. The lowest BCUT2D eigenvalue weighted by Gasteiger charge is -2.43. The second-order valence-corrected chi connectivity index (χ2v) is 32.7. The number of carbonyl (C=O) groups is 12. The number of carboxylic acid groups (broad SMARTS) is 1. The highest BCUT2D eigenvalue weighted by Gasteiger charge is 2.43. The molecule has 0 bridgehead atoms. The molecule has 6 unspecified atom stereocenters. The van der Waals surface area contributed by atoms with Crippen LogP contribution < -0.4 is 10.6 Å². The Hall–Kier alpha value is -6.50. The Labute approximate surface area is 696 Å². The van der Waals surface area contributed by atoms with Gasteiger partial charge in [-0.1, -0.05) is 105 Å². The second kappa shape index (κ2) is 60.9. The lowest BCUT2D eigenvalue weighted by Crippen LogP contribution is -2.58. The number of unbranched alkanes of at least 4 members (excludes halogenated alkanes) is 8. The number of rotatable bonds is 63. The maximum absolute atomic E-state index is 13.7. The van der Waals surface area contributed by atoms with Crippen molar-refractivity contribution in [1.82, 2.24) is 10.6 Å². The molecule has 3 fully saturated rings. The van der Waals surface area contributed by atoms with Crippen LogP contribution in [0.1, 0.15) is 275 Å². The molecule has 0 radical (unpaired) electrons. The lowest BCUT2D eigenvalue weighted by atomic mass is 9.79. The van der Waals surface area contributed by atoms with Gasteiger partial charge in [-0.2, -0.15) is 0 Å². The molecule has 15 atom stereocenters. The van der Waals surface area contributed by atoms with Crippen LogP contribution in [0.4, 0.5) is 4.79 Å². The van der Waals surface area contributed by atoms with Gasteiger partial charge in [-0.15, -0.1) is 0 Å². The minimum absolute atomic E-state index is 0.0124. The van der Waals surface area contributed by atoms with E-state index in [-0.39, 0.29) is 204 Å². The van der Waals surface area contributed by atoms with Gasteiger partial charge in [0.15, 0.2) is 18.9 Å². The van der Waals surface area contributed by atoms with Gasteiger partial charge in [0.25, 0.3) is 0 Å². The third kappa shape index (κ3) is 46.8. The smallest absolute Gasteiger partial charge is 0.408 e. The third-order valence-electron chi connectivity index (χ3n) is 22.9. The van der Waals surface area contributed by atoms with Crippen LogP contribution in [-0.2, 0) is 121 Å². The quantitative estimate of drug-likeness (QED) is 0.0310. The van der Waals surface area contributed by atoms with Gasteiger partial charge in [-0.25, -0.2) is 4.79 Å². The number of aliphatic carboxylic acids is 1. The minimum atomic E-state index is -1.40. The van der Waals surface area contributed by atoms with Gasteiger partial charge < -0.3 is 82.1 Å². The Bertz CT molecular complexity index is 2800. The van der Waals surface area contributed by atoms with Crippen LogP contribution in [0.3, 0.4) is 0 Å². The Balaban J connectivity index is 0.00000369. The standard InChI is InChI=1S/C83H136N2O23.C6H10O3/c1-57-60(4)75(51-102-66(10)86)106-79(63(57)7)99-44-27-23-37-70(89)32-18-14-20-34-73(92)40-47-96-54-83(85-82(95)105-50-69-30-16-13-17-31-69,55-97-48-41-74(93)35-21-15-19-33-71(90)38-24-28-45-100-80-64(8)58(2)61(5)76(107-80)52-103-67(11)87)56-98-49-42-78(94)84-43-26-22-36-72(91)39-25-29-46-101-81-65(9)59(3)62(6)77(108-81)53-104-68(12)88;1-5(7)3-2-4-6(8)9/h13,16-17,30-31,57-65,75-77,79-81H,14-15,18-29,32-56H2,1-12H3,(H,84,94)(H,85,95);2-4H2,1H3,(H,8,9)/t57-,58-,59-,60+,61+,62+,63?,64?,65?,75?,76?,77?,79+,80+,81+,83?;/m0./s1. The molecular formula is C89H146N2O26. The van der Waals surface area contributed by atoms with Crippen LogP contribution in [0, 0.1) is 53.3 Å². The van der Waals surface area contributed by atoms with Crippen molar-refractivity contribution in [2.75, 3.05) is 85.8 Å². The summed E-state index contributed by atoms with van der Waals surface area (Å²) in [4.78, 5) is 146. The number of amides is 2. The molecule has 3 N–H and O–H groups in total. The molecule has 3 aliphatic rings. The fourth-order valence-corrected chi connectivity index (χ4v) is 14.1. The van der Waals surface area contributed by atoms with E-state index >= 15 is 0 Å². The van der Waals surface area contributed by atoms with Gasteiger partial charge in [-0.3, -0.25) is 47.9 Å². The van der Waals surface area contributed by atoms with Gasteiger partial charge >= 0.3 is 30.0 Å². The van der Waals surface area contributed by atoms with Crippen LogP contribution in [0.25, 0.3) is 0 Å². The van der Waals surface area contributed by atoms with Crippen LogP contribution in [0.2, 0.25) is 0 Å². The number of hydrogen-bond donors (Lipinski definition) is 3. The van der Waals surface area contributed by atoms with E-state index in [9.17, 15) is 57.5 Å². The van der Waals surface area contributed by atoms with Crippen LogP contribution in [0.5, 0.6) is 0 Å². The fourth-order valence-electron chi connectivity index (χ4n) is 14.1. The van der Waals surface area contributed by atoms with E-state index < -0.39 is 36.5 Å². The normalized spacial score (nSPS) is 23.5. The summed E-state index contributed by atoms with van der Waals surface area (Å²) in [6.07, 6.45) is 10.8. The summed E-state index contributed by atoms with van der Waals surface area (Å²) in [7, 11) is 0. The molecule has 0 saturated carbocycles. The van der Waals surface area contributed by atoms with Crippen molar-refractivity contribution >= 4 is 70.6 Å². The SMILES string of the molecule is CC(=O)CCCC(=O)O.CC(=O)OCC1O[C@@H](OCCCCC(=O)CCCCCC(=O)CCOCC(COCCC(=O)CCCCCC(=O)CCCCO[C@@H]2OC(COC(C)=O)[C@H](C)[C@H](C)C2C)(COCCC(=O)NCCCCC(=O)CCCCO[C@@H]2OC(COC(C)=O)[C@H](C)[C@H](C)C2C)NC(=O)OCc2ccccc2)C(C)[C@@H](C)[C@H]1C. The van der Waals surface area contributed by atoms with Crippen LogP contribution in [0.15, 0.2) is 30.3 Å². The summed E-state index contributed by atoms with van der Waals surface area (Å²) in [5.41, 5.74) is -0.653. The first-order valence-corrected chi connectivity index (χ1v) is 43.3. The van der Waals surface area contributed by atoms with Gasteiger partial charge in [0.1, 0.15) is 66.7 Å². The molecule has 1 aromatic carbocycles. The topological polar surface area (TPSA) is 369 Å². The highest BCUT2D eigenvalue weighted by molar-refractivity contribution is 5.80. The number of Topliss-reactive ketones (excluding diaryl/α,β-unsaturated/α-hetero) is 6. The molecule has 0 spiro atoms. The average Bonchev–Trinajstić information content (AvgIpc) is 0.790. The van der Waals surface area contributed by atoms with Gasteiger partial charge in [0, 0.05) is 148 Å². The molecule has 1 aromatic rings. The van der Waals surface area contributed by atoms with Crippen LogP contribution in [-0.4, -0.2) is 204 Å². The Morgan fingerprint density at radius 1 is 0.359 bits per heavy atom. The largest absolute Gasteiger partial charge is 0.481 e. The lowest BCUT2D eigenvalue weighted by molar-refractivity contribution is -0.255. The van der Waals surface area contributed by atoms with Crippen molar-refractivity contribution in [2.45, 2.75) is 319 Å². The molecule has 3 saturated heterocycles. The molecule has 3 aliphatic heterocycles. The minimum Gasteiger partial charge on any atom is -0.481 e. The van der Waals surface area contributed by atoms with Gasteiger partial charge in [0.05, 0.1) is 58.0 Å².